The van der Waals surface area contributed by atoms with Crippen LogP contribution in [-0.2, 0) is 22.6 Å². The predicted molar refractivity (Wildman–Crippen MR) is 129 cm³/mol. The highest BCUT2D eigenvalue weighted by atomic mass is 127. The Morgan fingerprint density at radius 3 is 2.48 bits per heavy atom. The highest BCUT2D eigenvalue weighted by molar-refractivity contribution is 14.0. The number of guanidine groups is 1. The molecule has 0 amide bonds. The van der Waals surface area contributed by atoms with Gasteiger partial charge in [0.15, 0.2) is 5.96 Å². The van der Waals surface area contributed by atoms with Crippen molar-refractivity contribution in [1.82, 2.24) is 5.32 Å². The molecule has 0 heterocycles. The summed E-state index contributed by atoms with van der Waals surface area (Å²) in [4.78, 5) is 4.29. The van der Waals surface area contributed by atoms with Gasteiger partial charge in [0, 0.05) is 52.1 Å². The number of methoxy groups -OCH3 is 1. The van der Waals surface area contributed by atoms with Gasteiger partial charge in [-0.05, 0) is 30.2 Å². The number of hydrogen-bond donors (Lipinski definition) is 2. The maximum Gasteiger partial charge on any atom is 0.195 e. The Morgan fingerprint density at radius 2 is 1.79 bits per heavy atom. The summed E-state index contributed by atoms with van der Waals surface area (Å²) < 4.78 is 16.2. The zero-order valence-electron chi connectivity index (χ0n) is 17.4. The van der Waals surface area contributed by atoms with Crippen molar-refractivity contribution in [1.29, 1.82) is 0 Å². The van der Waals surface area contributed by atoms with E-state index in [1.54, 1.807) is 14.2 Å². The third-order valence-corrected chi connectivity index (χ3v) is 4.04. The first-order valence-corrected chi connectivity index (χ1v) is 9.60. The van der Waals surface area contributed by atoms with Gasteiger partial charge < -0.3 is 24.8 Å². The summed E-state index contributed by atoms with van der Waals surface area (Å²) >= 11 is 0. The third kappa shape index (κ3) is 9.96. The van der Waals surface area contributed by atoms with Crippen LogP contribution in [0.3, 0.4) is 0 Å². The molecule has 29 heavy (non-hydrogen) atoms. The number of halogens is 1. The van der Waals surface area contributed by atoms with E-state index < -0.39 is 0 Å². The van der Waals surface area contributed by atoms with Crippen LogP contribution < -0.4 is 15.4 Å². The van der Waals surface area contributed by atoms with Gasteiger partial charge in [-0.25, -0.2) is 0 Å². The summed E-state index contributed by atoms with van der Waals surface area (Å²) in [5.41, 5.74) is 3.28. The number of aliphatic imine (C=N–C) groups is 1. The second-order valence-corrected chi connectivity index (χ2v) is 6.23. The van der Waals surface area contributed by atoms with Gasteiger partial charge in [0.05, 0.1) is 13.2 Å². The molecule has 2 aromatic rings. The first kappa shape index (κ1) is 25.2. The Bertz CT molecular complexity index is 723. The molecular weight excluding hydrogens is 481 g/mol. The van der Waals surface area contributed by atoms with E-state index in [1.807, 2.05) is 31.2 Å². The minimum atomic E-state index is 0. The number of anilines is 1. The lowest BCUT2D eigenvalue weighted by atomic mass is 10.1. The van der Waals surface area contributed by atoms with Crippen molar-refractivity contribution in [3.8, 4) is 5.75 Å². The van der Waals surface area contributed by atoms with Crippen LogP contribution in [0.2, 0.25) is 0 Å². The molecular formula is C22H32IN3O3. The number of ether oxygens (including phenoxy) is 3. The quantitative estimate of drug-likeness (QED) is 0.201. The normalized spacial score (nSPS) is 10.9. The molecule has 0 unspecified atom stereocenters. The fraction of sp³-hybridized carbons (Fsp3) is 0.409. The first-order chi connectivity index (χ1) is 13.7. The minimum Gasteiger partial charge on any atom is -0.493 e. The van der Waals surface area contributed by atoms with Gasteiger partial charge in [-0.3, -0.25) is 4.99 Å². The first-order valence-electron chi connectivity index (χ1n) is 9.60. The monoisotopic (exact) mass is 513 g/mol. The summed E-state index contributed by atoms with van der Waals surface area (Å²) in [6, 6.07) is 16.2. The van der Waals surface area contributed by atoms with E-state index in [1.165, 1.54) is 11.1 Å². The lowest BCUT2D eigenvalue weighted by Crippen LogP contribution is -2.30. The van der Waals surface area contributed by atoms with Crippen LogP contribution in [0.4, 0.5) is 5.69 Å². The summed E-state index contributed by atoms with van der Waals surface area (Å²) in [5.74, 6) is 1.52. The van der Waals surface area contributed by atoms with Gasteiger partial charge >= 0.3 is 0 Å². The van der Waals surface area contributed by atoms with E-state index in [4.69, 9.17) is 14.2 Å². The lowest BCUT2D eigenvalue weighted by Gasteiger charge is -2.13. The maximum absolute atomic E-state index is 5.74. The van der Waals surface area contributed by atoms with Gasteiger partial charge in [0.1, 0.15) is 5.75 Å². The Kier molecular flexibility index (Phi) is 13.1. The molecule has 160 valence electrons. The molecule has 0 aliphatic rings. The summed E-state index contributed by atoms with van der Waals surface area (Å²) in [6.45, 7) is 5.38. The fourth-order valence-corrected chi connectivity index (χ4v) is 2.53. The molecule has 0 bridgehead atoms. The van der Waals surface area contributed by atoms with E-state index in [0.717, 1.165) is 24.5 Å². The summed E-state index contributed by atoms with van der Waals surface area (Å²) in [7, 11) is 3.45. The fourth-order valence-electron chi connectivity index (χ4n) is 2.53. The van der Waals surface area contributed by atoms with E-state index in [0.29, 0.717) is 32.3 Å². The lowest BCUT2D eigenvalue weighted by molar-refractivity contribution is 0.134. The molecule has 6 nitrogen and oxygen atoms in total. The zero-order valence-corrected chi connectivity index (χ0v) is 19.8. The van der Waals surface area contributed by atoms with Crippen molar-refractivity contribution in [2.75, 3.05) is 39.3 Å². The molecule has 0 aliphatic heterocycles. The van der Waals surface area contributed by atoms with Crippen molar-refractivity contribution in [3.63, 3.8) is 0 Å². The standard InChI is InChI=1S/C22H31N3O3.HI/c1-4-27-17-19-11-9-18(10-12-19)16-24-22(23-2)25-20-7-5-8-21(15-20)28-14-6-13-26-3;/h5,7-12,15H,4,6,13-14,16-17H2,1-3H3,(H2,23,24,25);1H. The van der Waals surface area contributed by atoms with E-state index >= 15 is 0 Å². The second kappa shape index (κ2) is 15.1. The molecule has 0 aromatic heterocycles. The summed E-state index contributed by atoms with van der Waals surface area (Å²) in [6.07, 6.45) is 0.862. The molecule has 2 rings (SSSR count). The number of rotatable bonds is 11. The molecule has 0 radical (unpaired) electrons. The average molecular weight is 513 g/mol. The van der Waals surface area contributed by atoms with Crippen LogP contribution in [0.5, 0.6) is 5.75 Å². The van der Waals surface area contributed by atoms with Crippen LogP contribution in [-0.4, -0.2) is 39.9 Å². The smallest absolute Gasteiger partial charge is 0.195 e. The van der Waals surface area contributed by atoms with Crippen LogP contribution in [0, 0.1) is 0 Å². The van der Waals surface area contributed by atoms with E-state index in [-0.39, 0.29) is 24.0 Å². The topological polar surface area (TPSA) is 64.1 Å². The van der Waals surface area contributed by atoms with Crippen LogP contribution in [0.15, 0.2) is 53.5 Å². The van der Waals surface area contributed by atoms with Crippen molar-refractivity contribution in [2.45, 2.75) is 26.5 Å². The van der Waals surface area contributed by atoms with Crippen LogP contribution in [0.1, 0.15) is 24.5 Å². The number of nitrogens with zero attached hydrogens (tertiary/aromatic N) is 1. The SMILES string of the molecule is CCOCc1ccc(CNC(=NC)Nc2cccc(OCCCOC)c2)cc1.I. The highest BCUT2D eigenvalue weighted by Crippen LogP contribution is 2.17. The van der Waals surface area contributed by atoms with Gasteiger partial charge in [0.25, 0.3) is 0 Å². The molecule has 0 saturated carbocycles. The van der Waals surface area contributed by atoms with Crippen molar-refractivity contribution in [2.24, 2.45) is 4.99 Å². The van der Waals surface area contributed by atoms with Gasteiger partial charge in [0.2, 0.25) is 0 Å². The Balaban J connectivity index is 0.00000420. The number of benzene rings is 2. The Hall–Kier alpha value is -1.84. The predicted octanol–water partition coefficient (Wildman–Crippen LogP) is 4.44. The van der Waals surface area contributed by atoms with Gasteiger partial charge in [-0.15, -0.1) is 24.0 Å². The van der Waals surface area contributed by atoms with E-state index in [2.05, 4.69) is 39.9 Å². The summed E-state index contributed by atoms with van der Waals surface area (Å²) in [5, 5.41) is 6.62. The molecule has 0 atom stereocenters. The molecule has 2 aromatic carbocycles. The Labute approximate surface area is 191 Å². The van der Waals surface area contributed by atoms with Crippen LogP contribution >= 0.6 is 24.0 Å². The van der Waals surface area contributed by atoms with Crippen molar-refractivity contribution < 1.29 is 14.2 Å². The zero-order chi connectivity index (χ0) is 20.0. The van der Waals surface area contributed by atoms with Crippen LogP contribution in [0.25, 0.3) is 0 Å². The second-order valence-electron chi connectivity index (χ2n) is 6.23. The molecule has 0 spiro atoms. The van der Waals surface area contributed by atoms with E-state index in [9.17, 15) is 0 Å². The van der Waals surface area contributed by atoms with Gasteiger partial charge in [-0.1, -0.05) is 30.3 Å². The minimum absolute atomic E-state index is 0. The van der Waals surface area contributed by atoms with Crippen molar-refractivity contribution in [3.05, 3.63) is 59.7 Å². The van der Waals surface area contributed by atoms with Gasteiger partial charge in [-0.2, -0.15) is 0 Å². The molecule has 2 N–H and O–H groups in total. The molecule has 0 saturated heterocycles. The van der Waals surface area contributed by atoms with Crippen molar-refractivity contribution >= 4 is 35.6 Å². The maximum atomic E-state index is 5.74. The molecule has 0 aliphatic carbocycles. The largest absolute Gasteiger partial charge is 0.493 e. The average Bonchev–Trinajstić information content (AvgIpc) is 2.74. The third-order valence-electron chi connectivity index (χ3n) is 4.04. The number of nitrogens with one attached hydrogen (secondary N) is 2. The molecule has 7 heteroatoms. The Morgan fingerprint density at radius 1 is 1.03 bits per heavy atom. The highest BCUT2D eigenvalue weighted by Gasteiger charge is 2.02. The number of hydrogen-bond acceptors (Lipinski definition) is 4. The molecule has 0 fully saturated rings.